The lowest BCUT2D eigenvalue weighted by Crippen LogP contribution is -2.15. The van der Waals surface area contributed by atoms with Gasteiger partial charge in [0.15, 0.2) is 0 Å². The molecule has 3 heteroatoms. The molecule has 1 aliphatic heterocycles. The van der Waals surface area contributed by atoms with Crippen LogP contribution in [-0.4, -0.2) is 10.7 Å². The average Bonchev–Trinajstić information content (AvgIpc) is 3.80. The maximum absolute atomic E-state index is 6.24. The molecule has 11 rings (SSSR count). The van der Waals surface area contributed by atoms with E-state index in [9.17, 15) is 0 Å². The zero-order chi connectivity index (χ0) is 36.3. The van der Waals surface area contributed by atoms with Gasteiger partial charge in [0.05, 0.1) is 11.0 Å². The van der Waals surface area contributed by atoms with Crippen LogP contribution in [0.2, 0.25) is 0 Å². The third-order valence-corrected chi connectivity index (χ3v) is 11.3. The lowest BCUT2D eigenvalue weighted by atomic mass is 9.90. The fourth-order valence-corrected chi connectivity index (χ4v) is 8.69. The van der Waals surface area contributed by atoms with Gasteiger partial charge in [0.2, 0.25) is 0 Å². The summed E-state index contributed by atoms with van der Waals surface area (Å²) in [7, 11) is 0. The molecule has 0 N–H and O–H groups in total. The summed E-state index contributed by atoms with van der Waals surface area (Å²) in [5.41, 5.74) is 12.9. The van der Waals surface area contributed by atoms with E-state index in [-0.39, 0.29) is 12.0 Å². The quantitative estimate of drug-likeness (QED) is 0.171. The van der Waals surface area contributed by atoms with Gasteiger partial charge in [-0.25, -0.2) is 0 Å². The van der Waals surface area contributed by atoms with Crippen molar-refractivity contribution in [2.75, 3.05) is 4.90 Å². The zero-order valence-electron chi connectivity index (χ0n) is 30.1. The zero-order valence-corrected chi connectivity index (χ0v) is 30.1. The first-order valence-electron chi connectivity index (χ1n) is 19.0. The minimum absolute atomic E-state index is 0.0829. The number of hydrogen-bond acceptors (Lipinski definition) is 2. The number of hydrogen-bond donors (Lipinski definition) is 0. The molecule has 2 unspecified atom stereocenters. The molecule has 1 aromatic heterocycles. The van der Waals surface area contributed by atoms with Gasteiger partial charge in [-0.05, 0) is 112 Å². The Labute approximate surface area is 320 Å². The van der Waals surface area contributed by atoms with E-state index in [0.717, 1.165) is 28.5 Å². The van der Waals surface area contributed by atoms with Crippen molar-refractivity contribution in [1.29, 1.82) is 0 Å². The summed E-state index contributed by atoms with van der Waals surface area (Å²) in [5, 5.41) is 5.03. The molecule has 0 saturated carbocycles. The summed E-state index contributed by atoms with van der Waals surface area (Å²) in [4.78, 5) is 2.35. The number of aromatic nitrogens is 1. The van der Waals surface area contributed by atoms with Crippen molar-refractivity contribution >= 4 is 49.6 Å². The van der Waals surface area contributed by atoms with Gasteiger partial charge in [0, 0.05) is 45.0 Å². The molecule has 9 aromatic rings. The maximum atomic E-state index is 6.24. The van der Waals surface area contributed by atoms with Gasteiger partial charge in [0.25, 0.3) is 0 Å². The Morgan fingerprint density at radius 3 is 1.73 bits per heavy atom. The van der Waals surface area contributed by atoms with Gasteiger partial charge in [-0.2, -0.15) is 0 Å². The maximum Gasteiger partial charge on any atom is 0.128 e. The van der Waals surface area contributed by atoms with E-state index < -0.39 is 0 Å². The number of allylic oxidation sites excluding steroid dienone is 2. The Hall–Kier alpha value is -7.10. The molecule has 1 aliphatic carbocycles. The van der Waals surface area contributed by atoms with Gasteiger partial charge < -0.3 is 14.2 Å². The molecule has 2 atom stereocenters. The van der Waals surface area contributed by atoms with E-state index in [0.29, 0.717) is 0 Å². The first-order valence-corrected chi connectivity index (χ1v) is 19.0. The second kappa shape index (κ2) is 12.8. The summed E-state index contributed by atoms with van der Waals surface area (Å²) in [6.45, 7) is 0. The molecular weight excluding hydrogens is 669 g/mol. The predicted molar refractivity (Wildman–Crippen MR) is 229 cm³/mol. The van der Waals surface area contributed by atoms with Crippen LogP contribution in [0, 0.1) is 0 Å². The minimum atomic E-state index is 0.0829. The third kappa shape index (κ3) is 5.27. The number of benzene rings is 8. The lowest BCUT2D eigenvalue weighted by molar-refractivity contribution is 0.269. The van der Waals surface area contributed by atoms with Crippen molar-refractivity contribution in [2.45, 2.75) is 12.0 Å². The van der Waals surface area contributed by atoms with Gasteiger partial charge in [0.1, 0.15) is 11.9 Å². The van der Waals surface area contributed by atoms with Crippen LogP contribution in [0.15, 0.2) is 206 Å². The van der Waals surface area contributed by atoms with Crippen LogP contribution in [0.5, 0.6) is 5.75 Å². The van der Waals surface area contributed by atoms with Crippen LogP contribution in [0.4, 0.5) is 17.1 Å². The molecule has 260 valence electrons. The first kappa shape index (κ1) is 31.4. The summed E-state index contributed by atoms with van der Waals surface area (Å²) in [6, 6.07) is 66.0. The number of para-hydroxylation sites is 2. The fourth-order valence-electron chi connectivity index (χ4n) is 8.69. The molecule has 2 aliphatic rings. The summed E-state index contributed by atoms with van der Waals surface area (Å²) >= 11 is 0. The molecule has 0 radical (unpaired) electrons. The van der Waals surface area contributed by atoms with Gasteiger partial charge in [-0.1, -0.05) is 127 Å². The SMILES string of the molecule is C1=CC2Oc3ccc(-c4ccc(N(c5ccc(-c6cccc7ccccc67)cc5)c5ccc(-n6c7ccccc7c7ccccc76)cc5)cc4)cc3C2C=C1. The molecule has 2 heterocycles. The number of rotatable bonds is 6. The Bertz CT molecular complexity index is 2890. The van der Waals surface area contributed by atoms with Gasteiger partial charge >= 0.3 is 0 Å². The Morgan fingerprint density at radius 2 is 1.02 bits per heavy atom. The van der Waals surface area contributed by atoms with Crippen molar-refractivity contribution in [1.82, 2.24) is 4.57 Å². The smallest absolute Gasteiger partial charge is 0.128 e. The highest BCUT2D eigenvalue weighted by Gasteiger charge is 2.32. The molecule has 55 heavy (non-hydrogen) atoms. The van der Waals surface area contributed by atoms with E-state index in [4.69, 9.17) is 4.74 Å². The minimum Gasteiger partial charge on any atom is -0.485 e. The molecule has 8 aromatic carbocycles. The third-order valence-electron chi connectivity index (χ3n) is 11.3. The van der Waals surface area contributed by atoms with Crippen molar-refractivity contribution in [3.05, 3.63) is 212 Å². The largest absolute Gasteiger partial charge is 0.485 e. The highest BCUT2D eigenvalue weighted by molar-refractivity contribution is 6.09. The van der Waals surface area contributed by atoms with Crippen molar-refractivity contribution in [2.24, 2.45) is 0 Å². The van der Waals surface area contributed by atoms with Gasteiger partial charge in [-0.3, -0.25) is 0 Å². The van der Waals surface area contributed by atoms with E-state index in [1.165, 1.54) is 60.4 Å². The number of anilines is 3. The first-order chi connectivity index (χ1) is 27.3. The van der Waals surface area contributed by atoms with E-state index in [2.05, 4.69) is 216 Å². The number of fused-ring (bicyclic) bond motifs is 7. The van der Waals surface area contributed by atoms with Crippen LogP contribution in [0.3, 0.4) is 0 Å². The average molecular weight is 705 g/mol. The highest BCUT2D eigenvalue weighted by Crippen LogP contribution is 2.44. The predicted octanol–water partition coefficient (Wildman–Crippen LogP) is 13.7. The summed E-state index contributed by atoms with van der Waals surface area (Å²) in [5.74, 6) is 1.24. The molecule has 0 amide bonds. The van der Waals surface area contributed by atoms with Crippen LogP contribution < -0.4 is 9.64 Å². The second-order valence-corrected chi connectivity index (χ2v) is 14.5. The summed E-state index contributed by atoms with van der Waals surface area (Å²) in [6.07, 6.45) is 8.68. The van der Waals surface area contributed by atoms with Crippen molar-refractivity contribution < 1.29 is 4.74 Å². The highest BCUT2D eigenvalue weighted by atomic mass is 16.5. The van der Waals surface area contributed by atoms with Crippen LogP contribution in [-0.2, 0) is 0 Å². The normalized spacial score (nSPS) is 15.6. The standard InChI is InChI=1S/C52H36N2O/c1-2-12-43-36(10-1)11-9-16-44(43)37-22-27-40(28-23-37)53(39-25-20-35(21-26-39)38-24-33-52-48(34-38)47-15-5-8-19-51(47)55-52)41-29-31-42(32-30-41)54-49-17-6-3-13-45(49)46-14-4-7-18-50(46)54/h1-34,47,51H. The van der Waals surface area contributed by atoms with Crippen molar-refractivity contribution in [3.8, 4) is 33.7 Å². The van der Waals surface area contributed by atoms with E-state index in [1.54, 1.807) is 0 Å². The van der Waals surface area contributed by atoms with Crippen molar-refractivity contribution in [3.63, 3.8) is 0 Å². The Balaban J connectivity index is 0.989. The van der Waals surface area contributed by atoms with E-state index in [1.807, 2.05) is 0 Å². The van der Waals surface area contributed by atoms with Gasteiger partial charge in [-0.15, -0.1) is 0 Å². The Morgan fingerprint density at radius 1 is 0.455 bits per heavy atom. The van der Waals surface area contributed by atoms with E-state index >= 15 is 0 Å². The molecular formula is C52H36N2O. The monoisotopic (exact) mass is 704 g/mol. The molecule has 0 fully saturated rings. The fraction of sp³-hybridized carbons (Fsp3) is 0.0385. The van der Waals surface area contributed by atoms with Crippen LogP contribution in [0.1, 0.15) is 11.5 Å². The molecule has 0 spiro atoms. The molecule has 0 bridgehead atoms. The summed E-state index contributed by atoms with van der Waals surface area (Å²) < 4.78 is 8.61. The van der Waals surface area contributed by atoms with Crippen LogP contribution >= 0.6 is 0 Å². The van der Waals surface area contributed by atoms with Crippen LogP contribution in [0.25, 0.3) is 60.5 Å². The lowest BCUT2D eigenvalue weighted by Gasteiger charge is -2.26. The molecule has 3 nitrogen and oxygen atoms in total. The topological polar surface area (TPSA) is 17.4 Å². The molecule has 0 saturated heterocycles. The second-order valence-electron chi connectivity index (χ2n) is 14.5. The Kier molecular flexibility index (Phi) is 7.31. The number of nitrogens with zero attached hydrogens (tertiary/aromatic N) is 2. The number of ether oxygens (including phenoxy) is 1.